The molecule has 0 aliphatic carbocycles. The van der Waals surface area contributed by atoms with Gasteiger partial charge in [-0.1, -0.05) is 23.8 Å². The molecule has 8 nitrogen and oxygen atoms in total. The normalized spacial score (nSPS) is 15.8. The van der Waals surface area contributed by atoms with Crippen LogP contribution in [0.4, 0.5) is 10.5 Å². The van der Waals surface area contributed by atoms with Crippen LogP contribution in [0.3, 0.4) is 0 Å². The summed E-state index contributed by atoms with van der Waals surface area (Å²) < 4.78 is 10.6. The molecule has 8 heteroatoms. The number of nitrogens with zero attached hydrogens (tertiary/aromatic N) is 2. The van der Waals surface area contributed by atoms with E-state index in [1.54, 1.807) is 32.4 Å². The third-order valence-electron chi connectivity index (χ3n) is 5.45. The maximum atomic E-state index is 13.3. The fourth-order valence-corrected chi connectivity index (χ4v) is 3.75. The molecule has 2 aromatic carbocycles. The van der Waals surface area contributed by atoms with Crippen LogP contribution in [-0.4, -0.2) is 56.1 Å². The topological polar surface area (TPSA) is 88.2 Å². The van der Waals surface area contributed by atoms with E-state index in [4.69, 9.17) is 9.47 Å². The molecule has 1 heterocycles. The van der Waals surface area contributed by atoms with Gasteiger partial charge in [-0.25, -0.2) is 9.69 Å². The summed E-state index contributed by atoms with van der Waals surface area (Å²) in [6, 6.07) is 11.4. The summed E-state index contributed by atoms with van der Waals surface area (Å²) in [5.41, 5.74) is 2.45. The molecule has 1 saturated heterocycles. The highest BCUT2D eigenvalue weighted by atomic mass is 16.5. The number of benzene rings is 2. The zero-order valence-corrected chi connectivity index (χ0v) is 18.9. The van der Waals surface area contributed by atoms with E-state index in [-0.39, 0.29) is 18.9 Å². The SMILES string of the molecule is CCNC(=O)C[C@H]1C(=O)N(c2ccc(C)cc2)C(=O)N1CCc1ccc(OC)c(OC)c1. The van der Waals surface area contributed by atoms with E-state index >= 15 is 0 Å². The monoisotopic (exact) mass is 439 g/mol. The second-order valence-electron chi connectivity index (χ2n) is 7.60. The van der Waals surface area contributed by atoms with Crippen molar-refractivity contribution in [2.24, 2.45) is 0 Å². The smallest absolute Gasteiger partial charge is 0.332 e. The molecule has 0 aromatic heterocycles. The minimum Gasteiger partial charge on any atom is -0.493 e. The molecule has 3 rings (SSSR count). The van der Waals surface area contributed by atoms with Crippen molar-refractivity contribution in [1.29, 1.82) is 0 Å². The molecule has 1 N–H and O–H groups in total. The second-order valence-corrected chi connectivity index (χ2v) is 7.60. The van der Waals surface area contributed by atoms with Gasteiger partial charge < -0.3 is 19.7 Å². The predicted octanol–water partition coefficient (Wildman–Crippen LogP) is 2.92. The molecular formula is C24H29N3O5. The van der Waals surface area contributed by atoms with E-state index in [9.17, 15) is 14.4 Å². The Hall–Kier alpha value is -3.55. The Balaban J connectivity index is 1.84. The largest absolute Gasteiger partial charge is 0.493 e. The minimum atomic E-state index is -0.851. The van der Waals surface area contributed by atoms with Gasteiger partial charge in [0, 0.05) is 13.1 Å². The van der Waals surface area contributed by atoms with Crippen LogP contribution in [-0.2, 0) is 16.0 Å². The Bertz CT molecular complexity index is 990. The molecule has 1 aliphatic heterocycles. The molecule has 0 unspecified atom stereocenters. The fraction of sp³-hybridized carbons (Fsp3) is 0.375. The van der Waals surface area contributed by atoms with Crippen LogP contribution in [0.25, 0.3) is 0 Å². The zero-order chi connectivity index (χ0) is 23.3. The highest BCUT2D eigenvalue weighted by Gasteiger charge is 2.46. The molecule has 1 aliphatic rings. The molecule has 0 spiro atoms. The third kappa shape index (κ3) is 4.85. The number of imide groups is 1. The number of aryl methyl sites for hydroxylation is 1. The number of urea groups is 1. The summed E-state index contributed by atoms with van der Waals surface area (Å²) in [4.78, 5) is 41.4. The average Bonchev–Trinajstić information content (AvgIpc) is 3.01. The van der Waals surface area contributed by atoms with Gasteiger partial charge in [0.15, 0.2) is 11.5 Å². The lowest BCUT2D eigenvalue weighted by Gasteiger charge is -2.21. The number of amides is 4. The summed E-state index contributed by atoms with van der Waals surface area (Å²) in [6.07, 6.45) is 0.416. The van der Waals surface area contributed by atoms with Crippen molar-refractivity contribution in [2.75, 3.05) is 32.2 Å². The first-order valence-electron chi connectivity index (χ1n) is 10.6. The lowest BCUT2D eigenvalue weighted by atomic mass is 10.1. The van der Waals surface area contributed by atoms with Gasteiger partial charge in [-0.15, -0.1) is 0 Å². The first-order chi connectivity index (χ1) is 15.4. The fourth-order valence-electron chi connectivity index (χ4n) is 3.75. The van der Waals surface area contributed by atoms with Crippen LogP contribution in [0.5, 0.6) is 11.5 Å². The van der Waals surface area contributed by atoms with E-state index in [0.29, 0.717) is 30.2 Å². The van der Waals surface area contributed by atoms with Gasteiger partial charge in [0.1, 0.15) is 6.04 Å². The van der Waals surface area contributed by atoms with Crippen molar-refractivity contribution in [3.05, 3.63) is 53.6 Å². The number of carbonyl (C=O) groups is 3. The lowest BCUT2D eigenvalue weighted by Crippen LogP contribution is -2.40. The highest BCUT2D eigenvalue weighted by Crippen LogP contribution is 2.30. The quantitative estimate of drug-likeness (QED) is 0.607. The molecule has 32 heavy (non-hydrogen) atoms. The Morgan fingerprint density at radius 2 is 1.72 bits per heavy atom. The molecule has 4 amide bonds. The number of ether oxygens (including phenoxy) is 2. The Morgan fingerprint density at radius 3 is 2.34 bits per heavy atom. The van der Waals surface area contributed by atoms with E-state index in [1.165, 1.54) is 4.90 Å². The van der Waals surface area contributed by atoms with Gasteiger partial charge in [-0.3, -0.25) is 9.59 Å². The lowest BCUT2D eigenvalue weighted by molar-refractivity contribution is -0.127. The molecule has 2 aromatic rings. The number of methoxy groups -OCH3 is 2. The molecule has 0 bridgehead atoms. The van der Waals surface area contributed by atoms with Crippen molar-refractivity contribution in [2.45, 2.75) is 32.7 Å². The number of nitrogens with one attached hydrogen (secondary N) is 1. The Kier molecular flexibility index (Phi) is 7.35. The number of hydrogen-bond donors (Lipinski definition) is 1. The molecule has 0 radical (unpaired) electrons. The van der Waals surface area contributed by atoms with Crippen molar-refractivity contribution in [1.82, 2.24) is 10.2 Å². The summed E-state index contributed by atoms with van der Waals surface area (Å²) in [5, 5.41) is 2.71. The van der Waals surface area contributed by atoms with Crippen molar-refractivity contribution in [3.8, 4) is 11.5 Å². The molecule has 170 valence electrons. The number of anilines is 1. The number of hydrogen-bond acceptors (Lipinski definition) is 5. The van der Waals surface area contributed by atoms with Gasteiger partial charge >= 0.3 is 6.03 Å². The predicted molar refractivity (Wildman–Crippen MR) is 121 cm³/mol. The van der Waals surface area contributed by atoms with E-state index < -0.39 is 18.0 Å². The summed E-state index contributed by atoms with van der Waals surface area (Å²) in [5.74, 6) is 0.551. The minimum absolute atomic E-state index is 0.0767. The molecular weight excluding hydrogens is 410 g/mol. The van der Waals surface area contributed by atoms with Crippen LogP contribution in [0.15, 0.2) is 42.5 Å². The van der Waals surface area contributed by atoms with Gasteiger partial charge in [0.05, 0.1) is 26.3 Å². The maximum Gasteiger partial charge on any atom is 0.332 e. The van der Waals surface area contributed by atoms with Gasteiger partial charge in [0.25, 0.3) is 5.91 Å². The molecule has 1 fully saturated rings. The highest BCUT2D eigenvalue weighted by molar-refractivity contribution is 6.22. The van der Waals surface area contributed by atoms with E-state index in [0.717, 1.165) is 16.0 Å². The van der Waals surface area contributed by atoms with Crippen molar-refractivity contribution in [3.63, 3.8) is 0 Å². The van der Waals surface area contributed by atoms with Crippen LogP contribution in [0, 0.1) is 6.92 Å². The third-order valence-corrected chi connectivity index (χ3v) is 5.45. The van der Waals surface area contributed by atoms with Crippen LogP contribution in [0.1, 0.15) is 24.5 Å². The molecule has 0 saturated carbocycles. The maximum absolute atomic E-state index is 13.3. The standard InChI is InChI=1S/C24H29N3O5/c1-5-25-22(28)15-19-23(29)27(18-9-6-16(2)7-10-18)24(30)26(19)13-12-17-8-11-20(31-3)21(14-17)32-4/h6-11,14,19H,5,12-13,15H2,1-4H3,(H,25,28)/t19-/m0/s1. The summed E-state index contributed by atoms with van der Waals surface area (Å²) in [6.45, 7) is 4.49. The van der Waals surface area contributed by atoms with Gasteiger partial charge in [-0.05, 0) is 50.1 Å². The number of rotatable bonds is 9. The van der Waals surface area contributed by atoms with Gasteiger partial charge in [0.2, 0.25) is 5.91 Å². The zero-order valence-electron chi connectivity index (χ0n) is 18.9. The van der Waals surface area contributed by atoms with Crippen LogP contribution in [0.2, 0.25) is 0 Å². The first kappa shape index (κ1) is 23.1. The van der Waals surface area contributed by atoms with Crippen LogP contribution < -0.4 is 19.7 Å². The molecule has 1 atom stereocenters. The number of carbonyl (C=O) groups excluding carboxylic acids is 3. The van der Waals surface area contributed by atoms with E-state index in [1.807, 2.05) is 38.1 Å². The summed E-state index contributed by atoms with van der Waals surface area (Å²) >= 11 is 0. The second kappa shape index (κ2) is 10.2. The van der Waals surface area contributed by atoms with E-state index in [2.05, 4.69) is 5.32 Å². The summed E-state index contributed by atoms with van der Waals surface area (Å²) in [7, 11) is 3.13. The van der Waals surface area contributed by atoms with Gasteiger partial charge in [-0.2, -0.15) is 0 Å². The Labute approximate surface area is 188 Å². The Morgan fingerprint density at radius 1 is 1.03 bits per heavy atom. The van der Waals surface area contributed by atoms with Crippen molar-refractivity contribution < 1.29 is 23.9 Å². The van der Waals surface area contributed by atoms with Crippen molar-refractivity contribution >= 4 is 23.5 Å². The van der Waals surface area contributed by atoms with Crippen LogP contribution >= 0.6 is 0 Å². The first-order valence-corrected chi connectivity index (χ1v) is 10.6. The average molecular weight is 440 g/mol.